The van der Waals surface area contributed by atoms with Gasteiger partial charge in [0.2, 0.25) is 10.0 Å². The summed E-state index contributed by atoms with van der Waals surface area (Å²) in [5, 5.41) is 13.7. The van der Waals surface area contributed by atoms with Crippen molar-refractivity contribution in [3.63, 3.8) is 0 Å². The van der Waals surface area contributed by atoms with Crippen molar-refractivity contribution in [1.29, 1.82) is 0 Å². The molecule has 30 heavy (non-hydrogen) atoms. The van der Waals surface area contributed by atoms with E-state index in [1.165, 1.54) is 18.2 Å². The van der Waals surface area contributed by atoms with Crippen LogP contribution in [-0.4, -0.2) is 31.6 Å². The number of sulfonamides is 2. The fraction of sp³-hybridized carbons (Fsp3) is 0.263. The van der Waals surface area contributed by atoms with Crippen LogP contribution in [-0.2, 0) is 33.0 Å². The summed E-state index contributed by atoms with van der Waals surface area (Å²) in [5.41, 5.74) is 1.19. The zero-order valence-electron chi connectivity index (χ0n) is 16.0. The summed E-state index contributed by atoms with van der Waals surface area (Å²) < 4.78 is 52.9. The molecule has 2 aromatic carbocycles. The SMILES string of the molecule is NS(=O)(=O)c1cccc(S(=O)(=O)Nc2ccc(-c3nnc4n3CCCCC4)cc2)c1. The van der Waals surface area contributed by atoms with E-state index in [4.69, 9.17) is 5.14 Å². The number of hydrogen-bond acceptors (Lipinski definition) is 6. The molecule has 0 saturated heterocycles. The quantitative estimate of drug-likeness (QED) is 0.615. The third-order valence-electron chi connectivity index (χ3n) is 4.95. The molecule has 3 N–H and O–H groups in total. The van der Waals surface area contributed by atoms with Gasteiger partial charge in [0, 0.05) is 24.2 Å². The van der Waals surface area contributed by atoms with Crippen molar-refractivity contribution in [1.82, 2.24) is 14.8 Å². The molecule has 2 heterocycles. The number of fused-ring (bicyclic) bond motifs is 1. The molecule has 0 fully saturated rings. The maximum absolute atomic E-state index is 12.7. The summed E-state index contributed by atoms with van der Waals surface area (Å²) in [6, 6.07) is 11.7. The fourth-order valence-corrected chi connectivity index (χ4v) is 5.16. The van der Waals surface area contributed by atoms with E-state index < -0.39 is 20.0 Å². The second-order valence-corrected chi connectivity index (χ2v) is 10.3. The maximum Gasteiger partial charge on any atom is 0.261 e. The van der Waals surface area contributed by atoms with Crippen molar-refractivity contribution in [2.45, 2.75) is 42.0 Å². The van der Waals surface area contributed by atoms with Gasteiger partial charge in [-0.05, 0) is 55.3 Å². The summed E-state index contributed by atoms with van der Waals surface area (Å²) >= 11 is 0. The Bertz CT molecular complexity index is 1280. The Morgan fingerprint density at radius 1 is 0.900 bits per heavy atom. The molecule has 0 radical (unpaired) electrons. The normalized spacial score (nSPS) is 14.7. The number of primary sulfonamides is 1. The Labute approximate surface area is 175 Å². The fourth-order valence-electron chi connectivity index (χ4n) is 3.42. The van der Waals surface area contributed by atoms with Crippen LogP contribution in [0, 0.1) is 0 Å². The number of nitrogens with one attached hydrogen (secondary N) is 1. The Morgan fingerprint density at radius 2 is 1.63 bits per heavy atom. The highest BCUT2D eigenvalue weighted by atomic mass is 32.2. The lowest BCUT2D eigenvalue weighted by molar-refractivity contribution is 0.597. The van der Waals surface area contributed by atoms with Crippen molar-refractivity contribution < 1.29 is 16.8 Å². The largest absolute Gasteiger partial charge is 0.311 e. The van der Waals surface area contributed by atoms with Gasteiger partial charge in [-0.1, -0.05) is 12.5 Å². The molecule has 1 aliphatic rings. The van der Waals surface area contributed by atoms with Crippen molar-refractivity contribution in [3.05, 3.63) is 54.4 Å². The second-order valence-electron chi connectivity index (χ2n) is 7.10. The van der Waals surface area contributed by atoms with Crippen LogP contribution >= 0.6 is 0 Å². The first-order valence-corrected chi connectivity index (χ1v) is 12.5. The van der Waals surface area contributed by atoms with Crippen LogP contribution < -0.4 is 9.86 Å². The van der Waals surface area contributed by atoms with Gasteiger partial charge in [0.05, 0.1) is 9.79 Å². The number of nitrogens with zero attached hydrogens (tertiary/aromatic N) is 3. The molecule has 11 heteroatoms. The number of anilines is 1. The molecule has 0 unspecified atom stereocenters. The molecule has 0 amide bonds. The Balaban J connectivity index is 1.58. The summed E-state index contributed by atoms with van der Waals surface area (Å²) in [6.45, 7) is 0.867. The van der Waals surface area contributed by atoms with Gasteiger partial charge < -0.3 is 4.57 Å². The van der Waals surface area contributed by atoms with E-state index in [0.29, 0.717) is 5.69 Å². The molecule has 0 aliphatic carbocycles. The molecule has 0 bridgehead atoms. The summed E-state index contributed by atoms with van der Waals surface area (Å²) in [4.78, 5) is -0.464. The third-order valence-corrected chi connectivity index (χ3v) is 7.24. The molecule has 0 atom stereocenters. The number of rotatable bonds is 5. The van der Waals surface area contributed by atoms with Crippen molar-refractivity contribution in [2.75, 3.05) is 4.72 Å². The lowest BCUT2D eigenvalue weighted by atomic mass is 10.2. The first-order valence-electron chi connectivity index (χ1n) is 9.42. The Kier molecular flexibility index (Phi) is 5.35. The average molecular weight is 448 g/mol. The van der Waals surface area contributed by atoms with Crippen LogP contribution in [0.1, 0.15) is 25.1 Å². The highest BCUT2D eigenvalue weighted by Gasteiger charge is 2.19. The van der Waals surface area contributed by atoms with Crippen molar-refractivity contribution in [3.8, 4) is 11.4 Å². The van der Waals surface area contributed by atoms with E-state index in [2.05, 4.69) is 19.5 Å². The molecule has 4 rings (SSSR count). The minimum atomic E-state index is -4.01. The van der Waals surface area contributed by atoms with Gasteiger partial charge in [-0.25, -0.2) is 22.0 Å². The van der Waals surface area contributed by atoms with Gasteiger partial charge in [-0.2, -0.15) is 0 Å². The molecule has 0 spiro atoms. The number of nitrogens with two attached hydrogens (primary N) is 1. The standard InChI is InChI=1S/C19H21N5O4S2/c20-29(25,26)16-5-4-6-17(13-16)30(27,28)23-15-10-8-14(9-11-15)19-22-21-18-7-2-1-3-12-24(18)19/h4-6,8-11,13,23H,1-3,7,12H2,(H2,20,25,26). The van der Waals surface area contributed by atoms with E-state index in [1.54, 1.807) is 24.3 Å². The van der Waals surface area contributed by atoms with Gasteiger partial charge in [0.25, 0.3) is 10.0 Å². The summed E-state index contributed by atoms with van der Waals surface area (Å²) in [6.07, 6.45) is 4.25. The highest BCUT2D eigenvalue weighted by Crippen LogP contribution is 2.25. The molecular formula is C19H21N5O4S2. The van der Waals surface area contributed by atoms with E-state index in [1.807, 2.05) is 0 Å². The third kappa shape index (κ3) is 4.23. The lowest BCUT2D eigenvalue weighted by Crippen LogP contribution is -2.16. The first kappa shape index (κ1) is 20.5. The minimum Gasteiger partial charge on any atom is -0.311 e. The zero-order valence-corrected chi connectivity index (χ0v) is 17.7. The molecule has 1 aromatic heterocycles. The van der Waals surface area contributed by atoms with Gasteiger partial charge in [-0.15, -0.1) is 10.2 Å². The van der Waals surface area contributed by atoms with Crippen LogP contribution in [0.5, 0.6) is 0 Å². The molecule has 3 aromatic rings. The van der Waals surface area contributed by atoms with E-state index in [9.17, 15) is 16.8 Å². The van der Waals surface area contributed by atoms with E-state index >= 15 is 0 Å². The molecule has 0 saturated carbocycles. The van der Waals surface area contributed by atoms with Gasteiger partial charge in [0.1, 0.15) is 5.82 Å². The number of aryl methyl sites for hydroxylation is 1. The Morgan fingerprint density at radius 3 is 2.37 bits per heavy atom. The topological polar surface area (TPSA) is 137 Å². The molecule has 158 valence electrons. The molecule has 1 aliphatic heterocycles. The smallest absolute Gasteiger partial charge is 0.261 e. The Hall–Kier alpha value is -2.76. The number of hydrogen-bond donors (Lipinski definition) is 2. The highest BCUT2D eigenvalue weighted by molar-refractivity contribution is 7.93. The van der Waals surface area contributed by atoms with Crippen LogP contribution in [0.25, 0.3) is 11.4 Å². The van der Waals surface area contributed by atoms with Crippen LogP contribution in [0.15, 0.2) is 58.3 Å². The van der Waals surface area contributed by atoms with Gasteiger partial charge in [-0.3, -0.25) is 4.72 Å². The number of aromatic nitrogens is 3. The van der Waals surface area contributed by atoms with E-state index in [0.717, 1.165) is 55.5 Å². The zero-order chi connectivity index (χ0) is 21.4. The molecular weight excluding hydrogens is 426 g/mol. The van der Waals surface area contributed by atoms with Crippen molar-refractivity contribution >= 4 is 25.7 Å². The first-order chi connectivity index (χ1) is 14.2. The second kappa shape index (κ2) is 7.82. The average Bonchev–Trinajstić information content (AvgIpc) is 2.96. The van der Waals surface area contributed by atoms with Gasteiger partial charge in [0.15, 0.2) is 5.82 Å². The van der Waals surface area contributed by atoms with E-state index in [-0.39, 0.29) is 9.79 Å². The van der Waals surface area contributed by atoms with Gasteiger partial charge >= 0.3 is 0 Å². The lowest BCUT2D eigenvalue weighted by Gasteiger charge is -2.10. The molecule has 9 nitrogen and oxygen atoms in total. The maximum atomic E-state index is 12.7. The van der Waals surface area contributed by atoms with Crippen LogP contribution in [0.4, 0.5) is 5.69 Å². The predicted octanol–water partition coefficient (Wildman–Crippen LogP) is 2.12. The summed E-state index contributed by atoms with van der Waals surface area (Å²) in [5.74, 6) is 1.74. The van der Waals surface area contributed by atoms with Crippen LogP contribution in [0.3, 0.4) is 0 Å². The van der Waals surface area contributed by atoms with Crippen molar-refractivity contribution in [2.24, 2.45) is 5.14 Å². The number of benzene rings is 2. The minimum absolute atomic E-state index is 0.194. The summed E-state index contributed by atoms with van der Waals surface area (Å²) in [7, 11) is -7.99. The predicted molar refractivity (Wildman–Crippen MR) is 112 cm³/mol. The monoisotopic (exact) mass is 447 g/mol. The van der Waals surface area contributed by atoms with Crippen LogP contribution in [0.2, 0.25) is 0 Å².